The van der Waals surface area contributed by atoms with E-state index in [9.17, 15) is 4.79 Å². The van der Waals surface area contributed by atoms with Gasteiger partial charge >= 0.3 is 29.6 Å². The Kier molecular flexibility index (Phi) is 11.8. The van der Waals surface area contributed by atoms with Crippen LogP contribution in [0.3, 0.4) is 0 Å². The molecule has 8 heavy (non-hydrogen) atoms. The zero-order chi connectivity index (χ0) is 5.70. The van der Waals surface area contributed by atoms with Gasteiger partial charge in [0.15, 0.2) is 0 Å². The molecule has 0 fully saturated rings. The molecular weight excluding hydrogens is 131 g/mol. The molecule has 0 atom stereocenters. The average molecular weight is 142 g/mol. The Morgan fingerprint density at radius 3 is 2.25 bits per heavy atom. The van der Waals surface area contributed by atoms with Gasteiger partial charge in [0, 0.05) is 6.42 Å². The minimum atomic E-state index is 0. The first-order chi connectivity index (χ1) is 3.27. The van der Waals surface area contributed by atoms with E-state index in [4.69, 9.17) is 0 Å². The molecule has 0 aliphatic rings. The van der Waals surface area contributed by atoms with Crippen molar-refractivity contribution in [2.75, 3.05) is 12.0 Å². The van der Waals surface area contributed by atoms with E-state index in [0.717, 1.165) is 12.2 Å². The normalized spacial score (nSPS) is 7.75. The third-order valence-corrected chi connectivity index (χ3v) is 1.27. The molecule has 0 heterocycles. The summed E-state index contributed by atoms with van der Waals surface area (Å²) >= 11 is 1.71. The molecule has 44 valence electrons. The van der Waals surface area contributed by atoms with Crippen molar-refractivity contribution in [2.24, 2.45) is 0 Å². The van der Waals surface area contributed by atoms with E-state index in [2.05, 4.69) is 0 Å². The van der Waals surface area contributed by atoms with Crippen LogP contribution in [0.2, 0.25) is 0 Å². The number of thioether (sulfide) groups is 1. The number of hydrogen-bond acceptors (Lipinski definition) is 2. The van der Waals surface area contributed by atoms with Gasteiger partial charge in [-0.1, -0.05) is 0 Å². The second kappa shape index (κ2) is 8.02. The summed E-state index contributed by atoms with van der Waals surface area (Å²) in [6.45, 7) is 1.62. The molecule has 0 radical (unpaired) electrons. The fourth-order valence-electron chi connectivity index (χ4n) is 0.246. The van der Waals surface area contributed by atoms with Gasteiger partial charge in [-0.3, -0.25) is 4.79 Å². The van der Waals surface area contributed by atoms with E-state index in [-0.39, 0.29) is 35.3 Å². The molecule has 0 aromatic heterocycles. The number of carbonyl (C=O) groups is 1. The van der Waals surface area contributed by atoms with Gasteiger partial charge < -0.3 is 0 Å². The van der Waals surface area contributed by atoms with Crippen LogP contribution in [-0.4, -0.2) is 47.3 Å². The summed E-state index contributed by atoms with van der Waals surface area (Å²) in [4.78, 5) is 10.2. The Morgan fingerprint density at radius 1 is 1.62 bits per heavy atom. The van der Waals surface area contributed by atoms with Gasteiger partial charge in [0.25, 0.3) is 0 Å². The summed E-state index contributed by atoms with van der Waals surface area (Å²) in [6, 6.07) is 0. The first kappa shape index (κ1) is 11.8. The molecule has 3 heteroatoms. The molecular formula is C5H11NaOS. The summed E-state index contributed by atoms with van der Waals surface area (Å²) in [5.74, 6) is 1.25. The third kappa shape index (κ3) is 10.1. The molecule has 0 N–H and O–H groups in total. The van der Waals surface area contributed by atoms with Gasteiger partial charge in [-0.15, -0.1) is 0 Å². The van der Waals surface area contributed by atoms with Crippen molar-refractivity contribution in [1.29, 1.82) is 0 Å². The van der Waals surface area contributed by atoms with Crippen LogP contribution in [-0.2, 0) is 4.79 Å². The average Bonchev–Trinajstić information content (AvgIpc) is 1.61. The van der Waals surface area contributed by atoms with Crippen molar-refractivity contribution in [2.45, 2.75) is 13.3 Å². The monoisotopic (exact) mass is 142 g/mol. The van der Waals surface area contributed by atoms with Gasteiger partial charge in [0.05, 0.1) is 0 Å². The molecule has 0 unspecified atom stereocenters. The van der Waals surface area contributed by atoms with Crippen molar-refractivity contribution in [1.82, 2.24) is 0 Å². The predicted molar refractivity (Wildman–Crippen MR) is 40.8 cm³/mol. The molecule has 0 bridgehead atoms. The van der Waals surface area contributed by atoms with E-state index in [1.807, 2.05) is 6.26 Å². The number of rotatable bonds is 3. The zero-order valence-corrected chi connectivity index (χ0v) is 5.55. The topological polar surface area (TPSA) is 17.1 Å². The predicted octanol–water partition coefficient (Wildman–Crippen LogP) is 0.680. The Balaban J connectivity index is 0. The summed E-state index contributed by atoms with van der Waals surface area (Å²) < 4.78 is 0. The van der Waals surface area contributed by atoms with Gasteiger partial charge in [-0.25, -0.2) is 0 Å². The fourth-order valence-corrected chi connectivity index (χ4v) is 0.737. The maximum atomic E-state index is 10.2. The second-order valence-electron chi connectivity index (χ2n) is 1.44. The first-order valence-corrected chi connectivity index (χ1v) is 3.65. The van der Waals surface area contributed by atoms with Crippen LogP contribution >= 0.6 is 11.8 Å². The molecule has 0 aliphatic carbocycles. The maximum absolute atomic E-state index is 10.2. The first-order valence-electron chi connectivity index (χ1n) is 2.25. The quantitative estimate of drug-likeness (QED) is 0.539. The van der Waals surface area contributed by atoms with Crippen LogP contribution in [0.1, 0.15) is 13.3 Å². The van der Waals surface area contributed by atoms with Gasteiger partial charge in [0.2, 0.25) is 0 Å². The van der Waals surface area contributed by atoms with E-state index < -0.39 is 0 Å². The van der Waals surface area contributed by atoms with E-state index in [0.29, 0.717) is 0 Å². The Bertz CT molecular complexity index is 65.4. The summed E-state index contributed by atoms with van der Waals surface area (Å²) in [5, 5.41) is 0. The summed E-state index contributed by atoms with van der Waals surface area (Å²) in [6.07, 6.45) is 2.73. The Labute approximate surface area is 76.9 Å². The Morgan fingerprint density at radius 2 is 2.12 bits per heavy atom. The molecule has 0 aromatic carbocycles. The second-order valence-corrected chi connectivity index (χ2v) is 2.43. The van der Waals surface area contributed by atoms with Gasteiger partial charge in [-0.2, -0.15) is 11.8 Å². The standard InChI is InChI=1S/C5H10OS.Na.H/c1-5(6)3-4-7-2;;/h3-4H2,1-2H3;;. The molecule has 0 aliphatic heterocycles. The van der Waals surface area contributed by atoms with Crippen molar-refractivity contribution in [3.05, 3.63) is 0 Å². The van der Waals surface area contributed by atoms with Crippen LogP contribution in [0.15, 0.2) is 0 Å². The number of ketones is 1. The van der Waals surface area contributed by atoms with Gasteiger partial charge in [-0.05, 0) is 18.9 Å². The molecule has 1 nitrogen and oxygen atoms in total. The Hall–Kier alpha value is 1.02. The van der Waals surface area contributed by atoms with Crippen molar-refractivity contribution >= 4 is 47.1 Å². The van der Waals surface area contributed by atoms with Crippen LogP contribution in [0, 0.1) is 0 Å². The zero-order valence-electron chi connectivity index (χ0n) is 4.73. The van der Waals surface area contributed by atoms with Crippen molar-refractivity contribution in [3.63, 3.8) is 0 Å². The SMILES string of the molecule is CSCCC(C)=O.[NaH]. The molecule has 0 amide bonds. The minimum absolute atomic E-state index is 0. The fraction of sp³-hybridized carbons (Fsp3) is 0.800. The van der Waals surface area contributed by atoms with Crippen LogP contribution in [0.5, 0.6) is 0 Å². The van der Waals surface area contributed by atoms with Crippen LogP contribution < -0.4 is 0 Å². The summed E-state index contributed by atoms with van der Waals surface area (Å²) in [5.41, 5.74) is 0. The van der Waals surface area contributed by atoms with Crippen LogP contribution in [0.25, 0.3) is 0 Å². The summed E-state index contributed by atoms with van der Waals surface area (Å²) in [7, 11) is 0. The van der Waals surface area contributed by atoms with E-state index in [1.54, 1.807) is 18.7 Å². The molecule has 0 rings (SSSR count). The molecule has 0 saturated carbocycles. The number of carbonyl (C=O) groups excluding carboxylic acids is 1. The third-order valence-electron chi connectivity index (χ3n) is 0.658. The molecule has 0 aromatic rings. The van der Waals surface area contributed by atoms with Crippen molar-refractivity contribution in [3.8, 4) is 0 Å². The van der Waals surface area contributed by atoms with E-state index >= 15 is 0 Å². The van der Waals surface area contributed by atoms with Gasteiger partial charge in [0.1, 0.15) is 5.78 Å². The molecule has 0 spiro atoms. The van der Waals surface area contributed by atoms with Crippen LogP contribution in [0.4, 0.5) is 0 Å². The van der Waals surface area contributed by atoms with Crippen molar-refractivity contribution < 1.29 is 4.79 Å². The number of hydrogen-bond donors (Lipinski definition) is 0. The van der Waals surface area contributed by atoms with E-state index in [1.165, 1.54) is 0 Å². The molecule has 0 saturated heterocycles. The number of Topliss-reactive ketones (excluding diaryl/α,β-unsaturated/α-hetero) is 1.